The predicted octanol–water partition coefficient (Wildman–Crippen LogP) is 0.229. The van der Waals surface area contributed by atoms with Crippen LogP contribution in [-0.2, 0) is 16.0 Å². The van der Waals surface area contributed by atoms with E-state index in [0.29, 0.717) is 0 Å². The number of aromatic nitrogens is 1. The van der Waals surface area contributed by atoms with Crippen molar-refractivity contribution in [3.63, 3.8) is 0 Å². The SMILES string of the molecule is COC(=O)Cc1c[nH]cc(F)c1=O. The molecule has 0 radical (unpaired) electrons. The third-order valence-electron chi connectivity index (χ3n) is 1.54. The first kappa shape index (κ1) is 9.44. The Hall–Kier alpha value is -1.65. The van der Waals surface area contributed by atoms with Crippen LogP contribution in [0.25, 0.3) is 0 Å². The summed E-state index contributed by atoms with van der Waals surface area (Å²) in [5, 5.41) is 0. The molecule has 4 nitrogen and oxygen atoms in total. The van der Waals surface area contributed by atoms with Crippen LogP contribution in [0.2, 0.25) is 0 Å². The Kier molecular flexibility index (Phi) is 2.79. The van der Waals surface area contributed by atoms with E-state index in [1.807, 2.05) is 0 Å². The zero-order valence-corrected chi connectivity index (χ0v) is 6.96. The summed E-state index contributed by atoms with van der Waals surface area (Å²) in [6.45, 7) is 0. The lowest BCUT2D eigenvalue weighted by molar-refractivity contribution is -0.139. The quantitative estimate of drug-likeness (QED) is 0.671. The molecule has 5 heteroatoms. The first-order valence-electron chi connectivity index (χ1n) is 3.57. The molecule has 1 N–H and O–H groups in total. The molecule has 0 fully saturated rings. The molecule has 0 unspecified atom stereocenters. The number of carbonyl (C=O) groups is 1. The summed E-state index contributed by atoms with van der Waals surface area (Å²) >= 11 is 0. The Morgan fingerprint density at radius 1 is 1.62 bits per heavy atom. The Bertz CT molecular complexity index is 372. The van der Waals surface area contributed by atoms with Crippen LogP contribution >= 0.6 is 0 Å². The van der Waals surface area contributed by atoms with Gasteiger partial charge in [-0.1, -0.05) is 0 Å². The molecule has 0 amide bonds. The molecule has 1 aromatic rings. The number of pyridine rings is 1. The van der Waals surface area contributed by atoms with Crippen LogP contribution in [0, 0.1) is 5.82 Å². The number of halogens is 1. The molecule has 0 atom stereocenters. The summed E-state index contributed by atoms with van der Waals surface area (Å²) in [7, 11) is 1.20. The third kappa shape index (κ3) is 2.14. The largest absolute Gasteiger partial charge is 0.469 e. The van der Waals surface area contributed by atoms with Crippen LogP contribution in [-0.4, -0.2) is 18.1 Å². The standard InChI is InChI=1S/C8H8FNO3/c1-13-7(11)2-5-3-10-4-6(9)8(5)12/h3-4H,2H2,1H3,(H,10,12). The summed E-state index contributed by atoms with van der Waals surface area (Å²) in [4.78, 5) is 24.2. The van der Waals surface area contributed by atoms with Gasteiger partial charge < -0.3 is 9.72 Å². The second kappa shape index (κ2) is 3.84. The Morgan fingerprint density at radius 2 is 2.31 bits per heavy atom. The number of ether oxygens (including phenoxy) is 1. The maximum absolute atomic E-state index is 12.6. The number of hydrogen-bond acceptors (Lipinski definition) is 3. The van der Waals surface area contributed by atoms with E-state index in [1.54, 1.807) is 0 Å². The molecule has 0 saturated heterocycles. The number of esters is 1. The van der Waals surface area contributed by atoms with Crippen LogP contribution in [0.1, 0.15) is 5.56 Å². The van der Waals surface area contributed by atoms with Crippen LogP contribution in [0.5, 0.6) is 0 Å². The number of aromatic amines is 1. The summed E-state index contributed by atoms with van der Waals surface area (Å²) in [6.07, 6.45) is 2.00. The minimum atomic E-state index is -0.901. The maximum Gasteiger partial charge on any atom is 0.310 e. The molecular weight excluding hydrogens is 177 g/mol. The average molecular weight is 185 g/mol. The molecule has 70 valence electrons. The van der Waals surface area contributed by atoms with Gasteiger partial charge in [0, 0.05) is 18.0 Å². The third-order valence-corrected chi connectivity index (χ3v) is 1.54. The fourth-order valence-electron chi connectivity index (χ4n) is 0.859. The van der Waals surface area contributed by atoms with Crippen LogP contribution in [0.15, 0.2) is 17.2 Å². The highest BCUT2D eigenvalue weighted by molar-refractivity contribution is 5.72. The van der Waals surface area contributed by atoms with Crippen molar-refractivity contribution in [3.05, 3.63) is 34.0 Å². The first-order valence-corrected chi connectivity index (χ1v) is 3.57. The van der Waals surface area contributed by atoms with E-state index in [-0.39, 0.29) is 12.0 Å². The van der Waals surface area contributed by atoms with Gasteiger partial charge in [-0.3, -0.25) is 9.59 Å². The van der Waals surface area contributed by atoms with Crippen LogP contribution in [0.3, 0.4) is 0 Å². The van der Waals surface area contributed by atoms with Crippen LogP contribution in [0.4, 0.5) is 4.39 Å². The number of rotatable bonds is 2. The molecule has 0 bridgehead atoms. The van der Waals surface area contributed by atoms with Gasteiger partial charge in [-0.15, -0.1) is 0 Å². The van der Waals surface area contributed by atoms with E-state index in [9.17, 15) is 14.0 Å². The number of H-pyrrole nitrogens is 1. The summed E-state index contributed by atoms with van der Waals surface area (Å²) in [5.41, 5.74) is -0.712. The smallest absolute Gasteiger partial charge is 0.310 e. The minimum absolute atomic E-state index is 0.0619. The van der Waals surface area contributed by atoms with Crippen molar-refractivity contribution < 1.29 is 13.9 Å². The van der Waals surface area contributed by atoms with Crippen molar-refractivity contribution in [1.82, 2.24) is 4.98 Å². The maximum atomic E-state index is 12.6. The van der Waals surface area contributed by atoms with Gasteiger partial charge in [0.15, 0.2) is 5.82 Å². The highest BCUT2D eigenvalue weighted by atomic mass is 19.1. The number of hydrogen-bond donors (Lipinski definition) is 1. The monoisotopic (exact) mass is 185 g/mol. The van der Waals surface area contributed by atoms with Gasteiger partial charge in [-0.05, 0) is 0 Å². The van der Waals surface area contributed by atoms with Gasteiger partial charge in [0.25, 0.3) is 0 Å². The van der Waals surface area contributed by atoms with Gasteiger partial charge >= 0.3 is 5.97 Å². The number of nitrogens with one attached hydrogen (secondary N) is 1. The fourth-order valence-corrected chi connectivity index (χ4v) is 0.859. The molecule has 0 spiro atoms. The zero-order valence-electron chi connectivity index (χ0n) is 6.96. The van der Waals surface area contributed by atoms with Crippen LogP contribution < -0.4 is 5.43 Å². The Morgan fingerprint density at radius 3 is 2.92 bits per heavy atom. The van der Waals surface area contributed by atoms with Crippen molar-refractivity contribution in [3.8, 4) is 0 Å². The summed E-state index contributed by atoms with van der Waals surface area (Å²) in [6, 6.07) is 0. The highest BCUT2D eigenvalue weighted by Crippen LogP contribution is 1.94. The van der Waals surface area contributed by atoms with E-state index in [0.717, 1.165) is 6.20 Å². The number of carbonyl (C=O) groups excluding carboxylic acids is 1. The van der Waals surface area contributed by atoms with Crippen molar-refractivity contribution in [2.75, 3.05) is 7.11 Å². The molecule has 0 aromatic carbocycles. The topological polar surface area (TPSA) is 59.2 Å². The molecule has 0 aliphatic heterocycles. The molecule has 13 heavy (non-hydrogen) atoms. The lowest BCUT2D eigenvalue weighted by Crippen LogP contribution is -2.17. The molecule has 1 heterocycles. The predicted molar refractivity (Wildman–Crippen MR) is 42.7 cm³/mol. The van der Waals surface area contributed by atoms with Gasteiger partial charge in [0.05, 0.1) is 13.5 Å². The second-order valence-electron chi connectivity index (χ2n) is 2.41. The average Bonchev–Trinajstić information content (AvgIpc) is 2.13. The van der Waals surface area contributed by atoms with E-state index in [4.69, 9.17) is 0 Å². The lowest BCUT2D eigenvalue weighted by atomic mass is 10.2. The van der Waals surface area contributed by atoms with Gasteiger partial charge in [-0.25, -0.2) is 4.39 Å². The Balaban J connectivity index is 2.96. The second-order valence-corrected chi connectivity index (χ2v) is 2.41. The molecule has 1 rings (SSSR count). The number of methoxy groups -OCH3 is 1. The van der Waals surface area contributed by atoms with Crippen molar-refractivity contribution >= 4 is 5.97 Å². The minimum Gasteiger partial charge on any atom is -0.469 e. The molecule has 0 aliphatic rings. The normalized spacial score (nSPS) is 9.69. The lowest BCUT2D eigenvalue weighted by Gasteiger charge is -1.98. The van der Waals surface area contributed by atoms with Gasteiger partial charge in [-0.2, -0.15) is 0 Å². The molecule has 0 saturated carbocycles. The Labute approximate surface area is 73.3 Å². The summed E-state index contributed by atoms with van der Waals surface area (Å²) < 4.78 is 17.0. The van der Waals surface area contributed by atoms with E-state index < -0.39 is 17.2 Å². The van der Waals surface area contributed by atoms with Gasteiger partial charge in [0.2, 0.25) is 5.43 Å². The van der Waals surface area contributed by atoms with Crippen molar-refractivity contribution in [2.45, 2.75) is 6.42 Å². The van der Waals surface area contributed by atoms with E-state index >= 15 is 0 Å². The molecule has 1 aromatic heterocycles. The van der Waals surface area contributed by atoms with E-state index in [1.165, 1.54) is 13.3 Å². The first-order chi connectivity index (χ1) is 6.15. The fraction of sp³-hybridized carbons (Fsp3) is 0.250. The van der Waals surface area contributed by atoms with Crippen molar-refractivity contribution in [2.24, 2.45) is 0 Å². The van der Waals surface area contributed by atoms with Gasteiger partial charge in [0.1, 0.15) is 0 Å². The van der Waals surface area contributed by atoms with E-state index in [2.05, 4.69) is 9.72 Å². The molecular formula is C8H8FNO3. The summed E-state index contributed by atoms with van der Waals surface area (Å²) in [5.74, 6) is -1.47. The highest BCUT2D eigenvalue weighted by Gasteiger charge is 2.09. The zero-order chi connectivity index (χ0) is 9.84. The van der Waals surface area contributed by atoms with Crippen molar-refractivity contribution in [1.29, 1.82) is 0 Å². The molecule has 0 aliphatic carbocycles.